The predicted molar refractivity (Wildman–Crippen MR) is 121 cm³/mol. The smallest absolute Gasteiger partial charge is 0.191 e. The molecule has 0 radical (unpaired) electrons. The molecular formula is C24H46OSi. The number of hydrogen-bond acceptors (Lipinski definition) is 1. The zero-order valence-electron chi connectivity index (χ0n) is 18.7. The standard InChI is InChI=1S/C24H46OSi/c1-7-8-9-10-11-12-13-14-15-16-17-18-19-20-21-22-23-25-26(5,6)24(2,3)4/h16-17,19,21H,7-15,18,22-23H2,1-6H3. The van der Waals surface area contributed by atoms with Crippen molar-refractivity contribution in [2.45, 2.75) is 116 Å². The average molecular weight is 379 g/mol. The van der Waals surface area contributed by atoms with Crippen molar-refractivity contribution < 1.29 is 4.43 Å². The van der Waals surface area contributed by atoms with Crippen LogP contribution in [0.4, 0.5) is 0 Å². The van der Waals surface area contributed by atoms with Crippen molar-refractivity contribution in [1.29, 1.82) is 0 Å². The number of rotatable bonds is 15. The molecule has 0 unspecified atom stereocenters. The lowest BCUT2D eigenvalue weighted by atomic mass is 10.1. The summed E-state index contributed by atoms with van der Waals surface area (Å²) in [5.41, 5.74) is 3.28. The van der Waals surface area contributed by atoms with Gasteiger partial charge in [-0.15, -0.1) is 5.73 Å². The molecule has 0 heterocycles. The van der Waals surface area contributed by atoms with Crippen LogP contribution in [0.2, 0.25) is 18.1 Å². The molecule has 0 aliphatic heterocycles. The van der Waals surface area contributed by atoms with Gasteiger partial charge in [-0.2, -0.15) is 0 Å². The van der Waals surface area contributed by atoms with Crippen molar-refractivity contribution in [2.75, 3.05) is 6.61 Å². The number of unbranched alkanes of at least 4 members (excludes halogenated alkanes) is 8. The molecule has 152 valence electrons. The van der Waals surface area contributed by atoms with Gasteiger partial charge in [0.1, 0.15) is 0 Å². The van der Waals surface area contributed by atoms with E-state index in [4.69, 9.17) is 4.43 Å². The van der Waals surface area contributed by atoms with Crippen LogP contribution in [0.15, 0.2) is 30.0 Å². The van der Waals surface area contributed by atoms with Gasteiger partial charge < -0.3 is 4.43 Å². The molecular weight excluding hydrogens is 332 g/mol. The Bertz CT molecular complexity index is 408. The van der Waals surface area contributed by atoms with Crippen molar-refractivity contribution in [3.8, 4) is 0 Å². The first-order valence-electron chi connectivity index (χ1n) is 11.0. The Balaban J connectivity index is 3.57. The van der Waals surface area contributed by atoms with Crippen LogP contribution in [0.3, 0.4) is 0 Å². The van der Waals surface area contributed by atoms with Crippen molar-refractivity contribution >= 4 is 8.32 Å². The Morgan fingerprint density at radius 3 is 2.04 bits per heavy atom. The fraction of sp³-hybridized carbons (Fsp3) is 0.792. The summed E-state index contributed by atoms with van der Waals surface area (Å²) >= 11 is 0. The second-order valence-corrected chi connectivity index (χ2v) is 13.8. The first kappa shape index (κ1) is 25.4. The summed E-state index contributed by atoms with van der Waals surface area (Å²) in [7, 11) is -1.58. The van der Waals surface area contributed by atoms with Crippen LogP contribution in [0.25, 0.3) is 0 Å². The monoisotopic (exact) mass is 378 g/mol. The summed E-state index contributed by atoms with van der Waals surface area (Å²) in [6, 6.07) is 0. The molecule has 0 amide bonds. The number of allylic oxidation sites excluding steroid dienone is 2. The van der Waals surface area contributed by atoms with Gasteiger partial charge in [0, 0.05) is 6.61 Å². The van der Waals surface area contributed by atoms with Crippen LogP contribution in [0.1, 0.15) is 98.3 Å². The summed E-state index contributed by atoms with van der Waals surface area (Å²) in [6.07, 6.45) is 23.2. The maximum Gasteiger partial charge on any atom is 0.191 e. The lowest BCUT2D eigenvalue weighted by Crippen LogP contribution is -2.40. The van der Waals surface area contributed by atoms with Crippen LogP contribution in [0.5, 0.6) is 0 Å². The van der Waals surface area contributed by atoms with E-state index in [1.54, 1.807) is 0 Å². The van der Waals surface area contributed by atoms with Gasteiger partial charge in [0.15, 0.2) is 8.32 Å². The molecule has 0 aromatic rings. The zero-order valence-corrected chi connectivity index (χ0v) is 19.7. The molecule has 2 heteroatoms. The topological polar surface area (TPSA) is 9.23 Å². The lowest BCUT2D eigenvalue weighted by molar-refractivity contribution is 0.294. The molecule has 0 atom stereocenters. The van der Waals surface area contributed by atoms with E-state index in [-0.39, 0.29) is 0 Å². The van der Waals surface area contributed by atoms with Crippen molar-refractivity contribution in [1.82, 2.24) is 0 Å². The minimum Gasteiger partial charge on any atom is -0.416 e. The van der Waals surface area contributed by atoms with Crippen LogP contribution in [-0.4, -0.2) is 14.9 Å². The molecule has 0 rings (SSSR count). The molecule has 0 saturated carbocycles. The van der Waals surface area contributed by atoms with Gasteiger partial charge in [0.25, 0.3) is 0 Å². The van der Waals surface area contributed by atoms with Crippen LogP contribution < -0.4 is 0 Å². The predicted octanol–water partition coefficient (Wildman–Crippen LogP) is 8.59. The first-order valence-corrected chi connectivity index (χ1v) is 13.9. The highest BCUT2D eigenvalue weighted by Gasteiger charge is 2.36. The van der Waals surface area contributed by atoms with Crippen molar-refractivity contribution in [3.05, 3.63) is 30.0 Å². The van der Waals surface area contributed by atoms with Gasteiger partial charge in [-0.05, 0) is 56.0 Å². The van der Waals surface area contributed by atoms with E-state index in [1.165, 1.54) is 57.8 Å². The Labute approximate surface area is 166 Å². The quantitative estimate of drug-likeness (QED) is 0.120. The molecule has 0 aromatic heterocycles. The Kier molecular flexibility index (Phi) is 15.2. The van der Waals surface area contributed by atoms with E-state index in [2.05, 4.69) is 70.8 Å². The third-order valence-corrected chi connectivity index (χ3v) is 9.95. The van der Waals surface area contributed by atoms with E-state index >= 15 is 0 Å². The van der Waals surface area contributed by atoms with E-state index in [0.29, 0.717) is 5.04 Å². The Morgan fingerprint density at radius 1 is 0.808 bits per heavy atom. The van der Waals surface area contributed by atoms with Crippen LogP contribution >= 0.6 is 0 Å². The third kappa shape index (κ3) is 14.6. The number of hydrogen-bond donors (Lipinski definition) is 0. The second kappa shape index (κ2) is 15.5. The minimum atomic E-state index is -1.58. The summed E-state index contributed by atoms with van der Waals surface area (Å²) < 4.78 is 6.15. The Hall–Kier alpha value is -0.563. The van der Waals surface area contributed by atoms with Gasteiger partial charge in [-0.3, -0.25) is 0 Å². The normalized spacial score (nSPS) is 12.4. The summed E-state index contributed by atoms with van der Waals surface area (Å²) in [5.74, 6) is 0. The Morgan fingerprint density at radius 2 is 1.42 bits per heavy atom. The van der Waals surface area contributed by atoms with Gasteiger partial charge in [0.05, 0.1) is 0 Å². The first-order chi connectivity index (χ1) is 12.3. The summed E-state index contributed by atoms with van der Waals surface area (Å²) in [6.45, 7) is 14.6. The van der Waals surface area contributed by atoms with Crippen molar-refractivity contribution in [3.63, 3.8) is 0 Å². The molecule has 0 N–H and O–H groups in total. The van der Waals surface area contributed by atoms with Crippen LogP contribution in [0, 0.1) is 0 Å². The van der Waals surface area contributed by atoms with Gasteiger partial charge in [-0.25, -0.2) is 0 Å². The van der Waals surface area contributed by atoms with Gasteiger partial charge in [0.2, 0.25) is 0 Å². The SMILES string of the molecule is CCCCCCCCCCC=CCC=C=CCCO[Si](C)(C)C(C)(C)C. The summed E-state index contributed by atoms with van der Waals surface area (Å²) in [5, 5.41) is 0.298. The molecule has 0 bridgehead atoms. The minimum absolute atomic E-state index is 0.298. The molecule has 0 aromatic carbocycles. The largest absolute Gasteiger partial charge is 0.416 e. The molecule has 0 aliphatic rings. The van der Waals surface area contributed by atoms with Gasteiger partial charge in [-0.1, -0.05) is 84.8 Å². The maximum atomic E-state index is 6.15. The highest BCUT2D eigenvalue weighted by Crippen LogP contribution is 2.36. The molecule has 26 heavy (non-hydrogen) atoms. The molecule has 0 spiro atoms. The van der Waals surface area contributed by atoms with Gasteiger partial charge >= 0.3 is 0 Å². The van der Waals surface area contributed by atoms with E-state index in [1.807, 2.05) is 0 Å². The molecule has 0 fully saturated rings. The molecule has 0 aliphatic carbocycles. The molecule has 1 nitrogen and oxygen atoms in total. The van der Waals surface area contributed by atoms with Crippen molar-refractivity contribution in [2.24, 2.45) is 0 Å². The lowest BCUT2D eigenvalue weighted by Gasteiger charge is -2.36. The average Bonchev–Trinajstić information content (AvgIpc) is 2.56. The fourth-order valence-electron chi connectivity index (χ4n) is 2.50. The highest BCUT2D eigenvalue weighted by molar-refractivity contribution is 6.74. The van der Waals surface area contributed by atoms with E-state index in [9.17, 15) is 0 Å². The van der Waals surface area contributed by atoms with E-state index in [0.717, 1.165) is 19.4 Å². The zero-order chi connectivity index (χ0) is 19.7. The maximum absolute atomic E-state index is 6.15. The third-order valence-electron chi connectivity index (χ3n) is 5.41. The second-order valence-electron chi connectivity index (χ2n) is 8.94. The summed E-state index contributed by atoms with van der Waals surface area (Å²) in [4.78, 5) is 0. The fourth-order valence-corrected chi connectivity index (χ4v) is 3.56. The van der Waals surface area contributed by atoms with E-state index < -0.39 is 8.32 Å². The molecule has 0 saturated heterocycles. The van der Waals surface area contributed by atoms with Crippen LogP contribution in [-0.2, 0) is 4.43 Å². The highest BCUT2D eigenvalue weighted by atomic mass is 28.4.